The summed E-state index contributed by atoms with van der Waals surface area (Å²) >= 11 is 3.38. The second-order valence-corrected chi connectivity index (χ2v) is 4.46. The molecule has 0 aromatic heterocycles. The zero-order chi connectivity index (χ0) is 11.7. The van der Waals surface area contributed by atoms with Gasteiger partial charge in [0, 0.05) is 4.47 Å². The van der Waals surface area contributed by atoms with Crippen molar-refractivity contribution in [2.24, 2.45) is 0 Å². The third-order valence-electron chi connectivity index (χ3n) is 2.56. The molecule has 1 aliphatic heterocycles. The Morgan fingerprint density at radius 1 is 1.38 bits per heavy atom. The molecule has 1 atom stereocenters. The molecule has 5 heteroatoms. The molecule has 1 aliphatic rings. The number of benzene rings is 1. The predicted molar refractivity (Wildman–Crippen MR) is 64.1 cm³/mol. The monoisotopic (exact) mass is 282 g/mol. The maximum absolute atomic E-state index is 11.8. The van der Waals surface area contributed by atoms with Gasteiger partial charge < -0.3 is 5.32 Å². The lowest BCUT2D eigenvalue weighted by Gasteiger charge is -2.33. The summed E-state index contributed by atoms with van der Waals surface area (Å²) in [7, 11) is 0. The molecule has 1 aromatic carbocycles. The molecular weight excluding hydrogens is 272 g/mol. The van der Waals surface area contributed by atoms with E-state index in [1.165, 1.54) is 4.90 Å². The number of rotatable bonds is 1. The predicted octanol–water partition coefficient (Wildman–Crippen LogP) is 1.30. The van der Waals surface area contributed by atoms with Gasteiger partial charge in [-0.2, -0.15) is 0 Å². The van der Waals surface area contributed by atoms with Crippen molar-refractivity contribution in [2.45, 2.75) is 13.0 Å². The largest absolute Gasteiger partial charge is 0.345 e. The number of para-hydroxylation sites is 1. The topological polar surface area (TPSA) is 49.4 Å². The van der Waals surface area contributed by atoms with Gasteiger partial charge in [0.15, 0.2) is 0 Å². The molecule has 1 N–H and O–H groups in total. The maximum Gasteiger partial charge on any atom is 0.247 e. The molecule has 2 rings (SSSR count). The summed E-state index contributed by atoms with van der Waals surface area (Å²) in [4.78, 5) is 24.8. The summed E-state index contributed by atoms with van der Waals surface area (Å²) in [5.41, 5.74) is 0.731. The average molecular weight is 283 g/mol. The van der Waals surface area contributed by atoms with Gasteiger partial charge in [0.05, 0.1) is 12.2 Å². The smallest absolute Gasteiger partial charge is 0.247 e. The Morgan fingerprint density at radius 2 is 2.06 bits per heavy atom. The van der Waals surface area contributed by atoms with Crippen LogP contribution in [0.5, 0.6) is 0 Å². The van der Waals surface area contributed by atoms with Gasteiger partial charge in [-0.25, -0.2) is 0 Å². The van der Waals surface area contributed by atoms with Crippen LogP contribution in [0.3, 0.4) is 0 Å². The number of carbonyl (C=O) groups excluding carboxylic acids is 2. The summed E-state index contributed by atoms with van der Waals surface area (Å²) in [6.45, 7) is 1.77. The number of hydrogen-bond acceptors (Lipinski definition) is 2. The van der Waals surface area contributed by atoms with Crippen molar-refractivity contribution < 1.29 is 9.59 Å². The van der Waals surface area contributed by atoms with E-state index < -0.39 is 6.04 Å². The Balaban J connectivity index is 2.41. The number of halogens is 1. The van der Waals surface area contributed by atoms with Gasteiger partial charge in [-0.05, 0) is 35.0 Å². The van der Waals surface area contributed by atoms with E-state index in [0.29, 0.717) is 0 Å². The number of hydrogen-bond donors (Lipinski definition) is 1. The SMILES string of the molecule is CC1C(=O)NCC(=O)N1c1ccccc1Br. The van der Waals surface area contributed by atoms with Crippen LogP contribution in [0.2, 0.25) is 0 Å². The first-order valence-corrected chi connectivity index (χ1v) is 5.75. The number of amides is 2. The van der Waals surface area contributed by atoms with Crippen LogP contribution >= 0.6 is 15.9 Å². The van der Waals surface area contributed by atoms with Gasteiger partial charge in [0.1, 0.15) is 6.04 Å². The Kier molecular flexibility index (Phi) is 2.96. The Labute approximate surface area is 102 Å². The van der Waals surface area contributed by atoms with Gasteiger partial charge in [0.2, 0.25) is 11.8 Å². The van der Waals surface area contributed by atoms with Gasteiger partial charge in [0.25, 0.3) is 0 Å². The van der Waals surface area contributed by atoms with Crippen molar-refractivity contribution in [3.8, 4) is 0 Å². The molecule has 1 fully saturated rings. The number of piperazine rings is 1. The molecule has 16 heavy (non-hydrogen) atoms. The van der Waals surface area contributed by atoms with Crippen molar-refractivity contribution in [1.29, 1.82) is 0 Å². The zero-order valence-electron chi connectivity index (χ0n) is 8.74. The highest BCUT2D eigenvalue weighted by Crippen LogP contribution is 2.28. The van der Waals surface area contributed by atoms with Crippen LogP contribution in [0.4, 0.5) is 5.69 Å². The molecule has 1 aromatic rings. The standard InChI is InChI=1S/C11H11BrN2O2/c1-7-11(16)13-6-10(15)14(7)9-5-3-2-4-8(9)12/h2-5,7H,6H2,1H3,(H,13,16). The van der Waals surface area contributed by atoms with Gasteiger partial charge in [-0.15, -0.1) is 0 Å². The molecule has 0 radical (unpaired) electrons. The van der Waals surface area contributed by atoms with E-state index in [1.54, 1.807) is 6.92 Å². The highest BCUT2D eigenvalue weighted by molar-refractivity contribution is 9.10. The fourth-order valence-corrected chi connectivity index (χ4v) is 2.19. The average Bonchev–Trinajstić information content (AvgIpc) is 2.27. The van der Waals surface area contributed by atoms with E-state index in [4.69, 9.17) is 0 Å². The first-order valence-electron chi connectivity index (χ1n) is 4.95. The fourth-order valence-electron chi connectivity index (χ4n) is 1.72. The van der Waals surface area contributed by atoms with Crippen molar-refractivity contribution in [2.75, 3.05) is 11.4 Å². The van der Waals surface area contributed by atoms with Crippen LogP contribution in [-0.2, 0) is 9.59 Å². The molecule has 0 bridgehead atoms. The summed E-state index contributed by atoms with van der Waals surface area (Å²) in [5, 5.41) is 2.56. The second kappa shape index (κ2) is 4.25. The highest BCUT2D eigenvalue weighted by atomic mass is 79.9. The lowest BCUT2D eigenvalue weighted by atomic mass is 10.1. The first-order chi connectivity index (χ1) is 7.61. The molecule has 84 valence electrons. The molecule has 0 aliphatic carbocycles. The lowest BCUT2D eigenvalue weighted by molar-refractivity contribution is -0.130. The van der Waals surface area contributed by atoms with Crippen molar-refractivity contribution >= 4 is 33.4 Å². The summed E-state index contributed by atoms with van der Waals surface area (Å²) in [6, 6.07) is 6.90. The maximum atomic E-state index is 11.8. The van der Waals surface area contributed by atoms with Crippen LogP contribution in [0, 0.1) is 0 Å². The first kappa shape index (κ1) is 11.1. The highest BCUT2D eigenvalue weighted by Gasteiger charge is 2.32. The van der Waals surface area contributed by atoms with E-state index >= 15 is 0 Å². The molecular formula is C11H11BrN2O2. The van der Waals surface area contributed by atoms with E-state index in [0.717, 1.165) is 10.2 Å². The van der Waals surface area contributed by atoms with Crippen LogP contribution < -0.4 is 10.2 Å². The minimum absolute atomic E-state index is 0.0600. The Hall–Kier alpha value is -1.36. The molecule has 1 unspecified atom stereocenters. The molecule has 4 nitrogen and oxygen atoms in total. The normalized spacial score (nSPS) is 20.9. The Bertz CT molecular complexity index is 447. The lowest BCUT2D eigenvalue weighted by Crippen LogP contribution is -2.57. The molecule has 2 amide bonds. The molecule has 0 saturated carbocycles. The zero-order valence-corrected chi connectivity index (χ0v) is 10.3. The van der Waals surface area contributed by atoms with Gasteiger partial charge in [-0.3, -0.25) is 14.5 Å². The fraction of sp³-hybridized carbons (Fsp3) is 0.273. The van der Waals surface area contributed by atoms with Crippen LogP contribution in [0.1, 0.15) is 6.92 Å². The molecule has 0 spiro atoms. The summed E-state index contributed by atoms with van der Waals surface area (Å²) < 4.78 is 0.810. The van der Waals surface area contributed by atoms with Crippen LogP contribution in [0.25, 0.3) is 0 Å². The second-order valence-electron chi connectivity index (χ2n) is 3.61. The van der Waals surface area contributed by atoms with Crippen LogP contribution in [-0.4, -0.2) is 24.4 Å². The van der Waals surface area contributed by atoms with Crippen molar-refractivity contribution in [3.63, 3.8) is 0 Å². The molecule has 1 heterocycles. The van der Waals surface area contributed by atoms with E-state index in [-0.39, 0.29) is 18.4 Å². The number of carbonyl (C=O) groups is 2. The van der Waals surface area contributed by atoms with Gasteiger partial charge >= 0.3 is 0 Å². The minimum Gasteiger partial charge on any atom is -0.345 e. The quantitative estimate of drug-likeness (QED) is 0.844. The third kappa shape index (κ3) is 1.82. The van der Waals surface area contributed by atoms with Crippen molar-refractivity contribution in [3.05, 3.63) is 28.7 Å². The van der Waals surface area contributed by atoms with Crippen LogP contribution in [0.15, 0.2) is 28.7 Å². The third-order valence-corrected chi connectivity index (χ3v) is 3.23. The van der Waals surface area contributed by atoms with E-state index in [1.807, 2.05) is 24.3 Å². The Morgan fingerprint density at radius 3 is 2.75 bits per heavy atom. The van der Waals surface area contributed by atoms with E-state index in [9.17, 15) is 9.59 Å². The van der Waals surface area contributed by atoms with Gasteiger partial charge in [-0.1, -0.05) is 12.1 Å². The summed E-state index contributed by atoms with van der Waals surface area (Å²) in [5.74, 6) is -0.227. The molecule has 1 saturated heterocycles. The van der Waals surface area contributed by atoms with E-state index in [2.05, 4.69) is 21.2 Å². The number of nitrogens with one attached hydrogen (secondary N) is 1. The minimum atomic E-state index is -0.472. The van der Waals surface area contributed by atoms with Crippen molar-refractivity contribution in [1.82, 2.24) is 5.32 Å². The number of nitrogens with zero attached hydrogens (tertiary/aromatic N) is 1. The number of anilines is 1. The summed E-state index contributed by atoms with van der Waals surface area (Å²) in [6.07, 6.45) is 0.